The van der Waals surface area contributed by atoms with Gasteiger partial charge in [0.05, 0.1) is 0 Å². The summed E-state index contributed by atoms with van der Waals surface area (Å²) < 4.78 is 5.71. The van der Waals surface area contributed by atoms with Crippen molar-refractivity contribution in [3.63, 3.8) is 0 Å². The zero-order chi connectivity index (χ0) is 20.7. The van der Waals surface area contributed by atoms with E-state index in [0.717, 1.165) is 16.7 Å². The van der Waals surface area contributed by atoms with Crippen molar-refractivity contribution < 1.29 is 14.3 Å². The number of ether oxygens (including phenoxy) is 1. The van der Waals surface area contributed by atoms with Gasteiger partial charge in [-0.25, -0.2) is 0 Å². The van der Waals surface area contributed by atoms with Crippen LogP contribution in [0.5, 0.6) is 5.75 Å². The maximum Gasteiger partial charge on any atom is 0.261 e. The average molecular weight is 403 g/mol. The van der Waals surface area contributed by atoms with Gasteiger partial charge in [-0.05, 0) is 68.7 Å². The molecule has 0 aliphatic heterocycles. The number of hydrogen-bond donors (Lipinski definition) is 1. The van der Waals surface area contributed by atoms with Crippen LogP contribution in [-0.4, -0.2) is 35.9 Å². The molecule has 0 aromatic heterocycles. The minimum Gasteiger partial charge on any atom is -0.484 e. The molecule has 1 atom stereocenters. The smallest absolute Gasteiger partial charge is 0.261 e. The Morgan fingerprint density at radius 1 is 1.14 bits per heavy atom. The van der Waals surface area contributed by atoms with Gasteiger partial charge in [0.2, 0.25) is 5.91 Å². The number of amides is 2. The first-order valence-corrected chi connectivity index (χ1v) is 9.70. The number of halogens is 1. The second-order valence-electron chi connectivity index (χ2n) is 6.83. The highest BCUT2D eigenvalue weighted by Gasteiger charge is 2.26. The minimum atomic E-state index is -0.630. The van der Waals surface area contributed by atoms with E-state index in [-0.39, 0.29) is 25.0 Å². The summed E-state index contributed by atoms with van der Waals surface area (Å²) in [5, 5.41) is 3.35. The topological polar surface area (TPSA) is 58.6 Å². The molecule has 0 radical (unpaired) electrons. The Morgan fingerprint density at radius 3 is 2.43 bits per heavy atom. The summed E-state index contributed by atoms with van der Waals surface area (Å²) in [5.74, 6) is 0.168. The molecule has 28 heavy (non-hydrogen) atoms. The van der Waals surface area contributed by atoms with Crippen LogP contribution in [0.4, 0.5) is 0 Å². The lowest BCUT2D eigenvalue weighted by molar-refractivity contribution is -0.142. The van der Waals surface area contributed by atoms with E-state index in [1.165, 1.54) is 4.90 Å². The largest absolute Gasteiger partial charge is 0.484 e. The van der Waals surface area contributed by atoms with Crippen LogP contribution < -0.4 is 10.1 Å². The summed E-state index contributed by atoms with van der Waals surface area (Å²) in [6.07, 6.45) is 0. The van der Waals surface area contributed by atoms with E-state index < -0.39 is 6.04 Å². The van der Waals surface area contributed by atoms with E-state index in [0.29, 0.717) is 17.3 Å². The van der Waals surface area contributed by atoms with E-state index in [9.17, 15) is 9.59 Å². The summed E-state index contributed by atoms with van der Waals surface area (Å²) in [6, 6.07) is 12.4. The SMILES string of the molecule is CCNC(=O)[C@H](C)N(Cc1cccc(Cl)c1)C(=O)COc1cc(C)cc(C)c1. The maximum atomic E-state index is 12.9. The predicted molar refractivity (Wildman–Crippen MR) is 112 cm³/mol. The molecular weight excluding hydrogens is 376 g/mol. The van der Waals surface area contributed by atoms with Crippen LogP contribution in [0.1, 0.15) is 30.5 Å². The van der Waals surface area contributed by atoms with Gasteiger partial charge in [0.25, 0.3) is 5.91 Å². The van der Waals surface area contributed by atoms with E-state index in [1.807, 2.05) is 51.1 Å². The van der Waals surface area contributed by atoms with Gasteiger partial charge in [-0.3, -0.25) is 9.59 Å². The van der Waals surface area contributed by atoms with Crippen molar-refractivity contribution in [2.75, 3.05) is 13.2 Å². The van der Waals surface area contributed by atoms with Crippen molar-refractivity contribution in [1.29, 1.82) is 0 Å². The summed E-state index contributed by atoms with van der Waals surface area (Å²) in [6.45, 7) is 8.14. The van der Waals surface area contributed by atoms with Crippen molar-refractivity contribution in [1.82, 2.24) is 10.2 Å². The molecule has 0 aliphatic rings. The Morgan fingerprint density at radius 2 is 1.82 bits per heavy atom. The standard InChI is InChI=1S/C22H27ClN2O3/c1-5-24-22(27)17(4)25(13-18-7-6-8-19(23)12-18)21(26)14-28-20-10-15(2)9-16(3)11-20/h6-12,17H,5,13-14H2,1-4H3,(H,24,27)/t17-/m0/s1. The number of nitrogens with one attached hydrogen (secondary N) is 1. The molecule has 0 bridgehead atoms. The Balaban J connectivity index is 2.16. The fraction of sp³-hybridized carbons (Fsp3) is 0.364. The van der Waals surface area contributed by atoms with Crippen molar-refractivity contribution in [3.05, 3.63) is 64.2 Å². The zero-order valence-electron chi connectivity index (χ0n) is 16.8. The van der Waals surface area contributed by atoms with Gasteiger partial charge in [-0.15, -0.1) is 0 Å². The lowest BCUT2D eigenvalue weighted by atomic mass is 10.1. The first-order chi connectivity index (χ1) is 13.3. The average Bonchev–Trinajstić information content (AvgIpc) is 2.63. The van der Waals surface area contributed by atoms with Crippen molar-refractivity contribution >= 4 is 23.4 Å². The van der Waals surface area contributed by atoms with Gasteiger partial charge in [0, 0.05) is 18.1 Å². The molecule has 2 rings (SSSR count). The molecule has 5 nitrogen and oxygen atoms in total. The molecule has 150 valence electrons. The summed E-state index contributed by atoms with van der Waals surface area (Å²) in [7, 11) is 0. The molecule has 0 unspecified atom stereocenters. The molecule has 0 spiro atoms. The van der Waals surface area contributed by atoms with Gasteiger partial charge < -0.3 is 15.0 Å². The molecular formula is C22H27ClN2O3. The van der Waals surface area contributed by atoms with Crippen molar-refractivity contribution in [3.8, 4) is 5.75 Å². The van der Waals surface area contributed by atoms with E-state index in [4.69, 9.17) is 16.3 Å². The minimum absolute atomic E-state index is 0.146. The highest BCUT2D eigenvalue weighted by Crippen LogP contribution is 2.18. The molecule has 0 aliphatic carbocycles. The number of nitrogens with zero attached hydrogens (tertiary/aromatic N) is 1. The molecule has 2 aromatic carbocycles. The molecule has 0 fully saturated rings. The lowest BCUT2D eigenvalue weighted by Gasteiger charge is -2.28. The molecule has 0 saturated heterocycles. The number of rotatable bonds is 8. The fourth-order valence-corrected chi connectivity index (χ4v) is 3.19. The Kier molecular flexibility index (Phi) is 7.88. The molecule has 0 heterocycles. The van der Waals surface area contributed by atoms with E-state index >= 15 is 0 Å². The third-order valence-electron chi connectivity index (χ3n) is 4.32. The molecule has 2 amide bonds. The highest BCUT2D eigenvalue weighted by atomic mass is 35.5. The summed E-state index contributed by atoms with van der Waals surface area (Å²) in [4.78, 5) is 26.8. The number of likely N-dealkylation sites (N-methyl/N-ethyl adjacent to an activating group) is 1. The Hall–Kier alpha value is -2.53. The second kappa shape index (κ2) is 10.1. The van der Waals surface area contributed by atoms with Crippen LogP contribution in [0.3, 0.4) is 0 Å². The number of hydrogen-bond acceptors (Lipinski definition) is 3. The number of carbonyl (C=O) groups is 2. The van der Waals surface area contributed by atoms with Crippen LogP contribution in [-0.2, 0) is 16.1 Å². The predicted octanol–water partition coefficient (Wildman–Crippen LogP) is 3.89. The quantitative estimate of drug-likeness (QED) is 0.728. The third kappa shape index (κ3) is 6.27. The molecule has 1 N–H and O–H groups in total. The fourth-order valence-electron chi connectivity index (χ4n) is 2.98. The second-order valence-corrected chi connectivity index (χ2v) is 7.27. The van der Waals surface area contributed by atoms with Crippen LogP contribution in [0.25, 0.3) is 0 Å². The van der Waals surface area contributed by atoms with E-state index in [1.54, 1.807) is 19.1 Å². The maximum absolute atomic E-state index is 12.9. The first-order valence-electron chi connectivity index (χ1n) is 9.33. The first kappa shape index (κ1) is 21.8. The molecule has 2 aromatic rings. The Labute approximate surface area is 171 Å². The van der Waals surface area contributed by atoms with Gasteiger partial charge in [-0.1, -0.05) is 29.8 Å². The summed E-state index contributed by atoms with van der Waals surface area (Å²) >= 11 is 6.06. The summed E-state index contributed by atoms with van der Waals surface area (Å²) in [5.41, 5.74) is 2.98. The van der Waals surface area contributed by atoms with Crippen molar-refractivity contribution in [2.24, 2.45) is 0 Å². The van der Waals surface area contributed by atoms with Gasteiger partial charge in [0.1, 0.15) is 11.8 Å². The monoisotopic (exact) mass is 402 g/mol. The Bertz CT molecular complexity index is 818. The number of benzene rings is 2. The van der Waals surface area contributed by atoms with Gasteiger partial charge in [-0.2, -0.15) is 0 Å². The molecule has 0 saturated carbocycles. The third-order valence-corrected chi connectivity index (χ3v) is 4.55. The number of aryl methyl sites for hydroxylation is 2. The lowest BCUT2D eigenvalue weighted by Crippen LogP contribution is -2.49. The highest BCUT2D eigenvalue weighted by molar-refractivity contribution is 6.30. The van der Waals surface area contributed by atoms with Crippen LogP contribution >= 0.6 is 11.6 Å². The van der Waals surface area contributed by atoms with Crippen LogP contribution in [0.2, 0.25) is 5.02 Å². The van der Waals surface area contributed by atoms with Crippen LogP contribution in [0, 0.1) is 13.8 Å². The zero-order valence-corrected chi connectivity index (χ0v) is 17.5. The molecule has 6 heteroatoms. The van der Waals surface area contributed by atoms with Crippen LogP contribution in [0.15, 0.2) is 42.5 Å². The van der Waals surface area contributed by atoms with E-state index in [2.05, 4.69) is 5.32 Å². The number of carbonyl (C=O) groups excluding carboxylic acids is 2. The van der Waals surface area contributed by atoms with Gasteiger partial charge >= 0.3 is 0 Å². The van der Waals surface area contributed by atoms with Gasteiger partial charge in [0.15, 0.2) is 6.61 Å². The normalized spacial score (nSPS) is 11.6. The van der Waals surface area contributed by atoms with Crippen molar-refractivity contribution in [2.45, 2.75) is 40.3 Å².